The number of rotatable bonds is 3. The van der Waals surface area contributed by atoms with Gasteiger partial charge in [-0.2, -0.15) is 13.2 Å². The fraction of sp³-hybridized carbons (Fsp3) is 0.650. The Morgan fingerprint density at radius 3 is 2.45 bits per heavy atom. The predicted octanol–water partition coefficient (Wildman–Crippen LogP) is 3.50. The smallest absolute Gasteiger partial charge is 0.418 e. The Kier molecular flexibility index (Phi) is 6.16. The summed E-state index contributed by atoms with van der Waals surface area (Å²) >= 11 is 0. The highest BCUT2D eigenvalue weighted by Gasteiger charge is 2.38. The van der Waals surface area contributed by atoms with Gasteiger partial charge < -0.3 is 24.6 Å². The monoisotopic (exact) mass is 415 g/mol. The molecular weight excluding hydrogens is 387 g/mol. The van der Waals surface area contributed by atoms with Gasteiger partial charge in [-0.15, -0.1) is 0 Å². The number of alkyl halides is 3. The average Bonchev–Trinajstić information content (AvgIpc) is 3.09. The molecule has 0 saturated carbocycles. The summed E-state index contributed by atoms with van der Waals surface area (Å²) in [4.78, 5) is 15.5. The largest absolute Gasteiger partial charge is 0.486 e. The van der Waals surface area contributed by atoms with Crippen LogP contribution in [-0.4, -0.2) is 62.0 Å². The van der Waals surface area contributed by atoms with Gasteiger partial charge in [0.25, 0.3) is 0 Å². The molecule has 1 aromatic carbocycles. The van der Waals surface area contributed by atoms with Gasteiger partial charge in [-0.3, -0.25) is 0 Å². The van der Waals surface area contributed by atoms with E-state index in [1.807, 2.05) is 0 Å². The molecule has 3 rings (SSSR count). The molecule has 0 aromatic heterocycles. The summed E-state index contributed by atoms with van der Waals surface area (Å²) in [5, 5.41) is 3.15. The molecule has 0 aliphatic carbocycles. The van der Waals surface area contributed by atoms with Crippen molar-refractivity contribution in [2.45, 2.75) is 45.1 Å². The summed E-state index contributed by atoms with van der Waals surface area (Å²) in [6, 6.07) is 4.03. The van der Waals surface area contributed by atoms with Gasteiger partial charge in [0.2, 0.25) is 0 Å². The van der Waals surface area contributed by atoms with Gasteiger partial charge in [0, 0.05) is 39.1 Å². The summed E-state index contributed by atoms with van der Waals surface area (Å²) in [5.74, 6) is 0.206. The number of carbonyl (C=O) groups is 1. The number of carbonyl (C=O) groups excluding carboxylic acids is 1. The lowest BCUT2D eigenvalue weighted by atomic mass is 10.1. The third kappa shape index (κ3) is 5.46. The quantitative estimate of drug-likeness (QED) is 0.819. The van der Waals surface area contributed by atoms with Crippen molar-refractivity contribution in [2.24, 2.45) is 0 Å². The number of anilines is 1. The molecule has 162 valence electrons. The summed E-state index contributed by atoms with van der Waals surface area (Å²) in [6.45, 7) is 8.26. The lowest BCUT2D eigenvalue weighted by molar-refractivity contribution is -0.137. The molecule has 1 aromatic rings. The van der Waals surface area contributed by atoms with Crippen LogP contribution in [0.5, 0.6) is 5.75 Å². The van der Waals surface area contributed by atoms with Crippen molar-refractivity contribution in [1.29, 1.82) is 0 Å². The van der Waals surface area contributed by atoms with E-state index >= 15 is 0 Å². The maximum Gasteiger partial charge on any atom is 0.418 e. The van der Waals surface area contributed by atoms with Crippen molar-refractivity contribution in [2.75, 3.05) is 44.2 Å². The topological polar surface area (TPSA) is 54.0 Å². The van der Waals surface area contributed by atoms with Gasteiger partial charge >= 0.3 is 12.3 Å². The second kappa shape index (κ2) is 8.30. The molecule has 1 N–H and O–H groups in total. The normalized spacial score (nSPS) is 20.7. The number of amides is 1. The van der Waals surface area contributed by atoms with Crippen LogP contribution in [0.1, 0.15) is 32.8 Å². The molecule has 0 radical (unpaired) electrons. The van der Waals surface area contributed by atoms with Crippen LogP contribution in [-0.2, 0) is 10.9 Å². The average molecular weight is 415 g/mol. The Balaban J connectivity index is 1.78. The molecule has 29 heavy (non-hydrogen) atoms. The Morgan fingerprint density at radius 1 is 1.14 bits per heavy atom. The van der Waals surface area contributed by atoms with Crippen LogP contribution in [0, 0.1) is 0 Å². The molecule has 0 bridgehead atoms. The Hall–Kier alpha value is -2.16. The minimum absolute atomic E-state index is 0.0808. The minimum Gasteiger partial charge on any atom is -0.486 e. The highest BCUT2D eigenvalue weighted by molar-refractivity contribution is 5.69. The lowest BCUT2D eigenvalue weighted by Gasteiger charge is -2.33. The number of likely N-dealkylation sites (tertiary alicyclic amines) is 1. The van der Waals surface area contributed by atoms with Crippen LogP contribution in [0.15, 0.2) is 18.2 Å². The molecule has 0 unspecified atom stereocenters. The number of benzene rings is 1. The molecule has 9 heteroatoms. The van der Waals surface area contributed by atoms with E-state index in [4.69, 9.17) is 9.47 Å². The second-order valence-corrected chi connectivity index (χ2v) is 8.34. The van der Waals surface area contributed by atoms with Crippen molar-refractivity contribution in [3.8, 4) is 5.75 Å². The van der Waals surface area contributed by atoms with Gasteiger partial charge in [0.05, 0.1) is 17.8 Å². The van der Waals surface area contributed by atoms with E-state index in [0.29, 0.717) is 39.1 Å². The number of hydrogen-bond donors (Lipinski definition) is 1. The van der Waals surface area contributed by atoms with Crippen molar-refractivity contribution in [3.63, 3.8) is 0 Å². The highest BCUT2D eigenvalue weighted by Crippen LogP contribution is 2.42. The van der Waals surface area contributed by atoms with Crippen molar-refractivity contribution >= 4 is 11.8 Å². The zero-order valence-electron chi connectivity index (χ0n) is 17.0. The zero-order chi connectivity index (χ0) is 21.2. The third-order valence-electron chi connectivity index (χ3n) is 4.83. The lowest BCUT2D eigenvalue weighted by Crippen LogP contribution is -2.44. The number of halogens is 3. The first-order valence-corrected chi connectivity index (χ1v) is 9.85. The fourth-order valence-electron chi connectivity index (χ4n) is 3.56. The van der Waals surface area contributed by atoms with Gasteiger partial charge in [-0.05, 0) is 32.9 Å². The number of ether oxygens (including phenoxy) is 2. The van der Waals surface area contributed by atoms with Crippen molar-refractivity contribution < 1.29 is 27.4 Å². The summed E-state index contributed by atoms with van der Waals surface area (Å²) in [5.41, 5.74) is -1.22. The van der Waals surface area contributed by atoms with Crippen LogP contribution >= 0.6 is 0 Å². The van der Waals surface area contributed by atoms with Crippen LogP contribution in [0.25, 0.3) is 0 Å². The first-order chi connectivity index (χ1) is 13.5. The second-order valence-electron chi connectivity index (χ2n) is 8.34. The first-order valence-electron chi connectivity index (χ1n) is 9.85. The van der Waals surface area contributed by atoms with Crippen molar-refractivity contribution in [3.05, 3.63) is 23.8 Å². The summed E-state index contributed by atoms with van der Waals surface area (Å²) in [7, 11) is 0. The number of nitrogens with zero attached hydrogens (tertiary/aromatic N) is 2. The number of piperazine rings is 1. The maximum absolute atomic E-state index is 13.7. The Labute approximate surface area is 168 Å². The summed E-state index contributed by atoms with van der Waals surface area (Å²) < 4.78 is 52.3. The summed E-state index contributed by atoms with van der Waals surface area (Å²) in [6.07, 6.45) is -4.75. The molecule has 0 spiro atoms. The van der Waals surface area contributed by atoms with E-state index < -0.39 is 23.4 Å². The van der Waals surface area contributed by atoms with Gasteiger partial charge in [0.15, 0.2) is 0 Å². The van der Waals surface area contributed by atoms with E-state index in [9.17, 15) is 18.0 Å². The van der Waals surface area contributed by atoms with Crippen molar-refractivity contribution in [1.82, 2.24) is 10.2 Å². The molecule has 6 nitrogen and oxygen atoms in total. The molecular formula is C20H28F3N3O3. The molecule has 2 saturated heterocycles. The molecule has 2 fully saturated rings. The van der Waals surface area contributed by atoms with E-state index in [-0.39, 0.29) is 24.1 Å². The van der Waals surface area contributed by atoms with Crippen LogP contribution < -0.4 is 15.0 Å². The number of para-hydroxylation sites is 1. The van der Waals surface area contributed by atoms with Gasteiger partial charge in [-0.25, -0.2) is 4.79 Å². The first kappa shape index (κ1) is 21.5. The third-order valence-corrected chi connectivity index (χ3v) is 4.83. The predicted molar refractivity (Wildman–Crippen MR) is 103 cm³/mol. The zero-order valence-corrected chi connectivity index (χ0v) is 17.0. The number of nitrogens with one attached hydrogen (secondary N) is 1. The fourth-order valence-corrected chi connectivity index (χ4v) is 3.56. The van der Waals surface area contributed by atoms with E-state index in [1.165, 1.54) is 11.0 Å². The van der Waals surface area contributed by atoms with Crippen LogP contribution in [0.3, 0.4) is 0 Å². The molecule has 2 aliphatic rings. The van der Waals surface area contributed by atoms with E-state index in [1.54, 1.807) is 31.7 Å². The molecule has 2 heterocycles. The molecule has 1 atom stereocenters. The van der Waals surface area contributed by atoms with Crippen LogP contribution in [0.2, 0.25) is 0 Å². The Bertz CT molecular complexity index is 728. The minimum atomic E-state index is -4.47. The SMILES string of the molecule is CC(C)(C)OC(=O)N1CC[C@H](Oc2cccc(C(F)(F)F)c2N2CCNCC2)C1. The maximum atomic E-state index is 13.7. The van der Waals surface area contributed by atoms with Gasteiger partial charge in [-0.1, -0.05) is 6.07 Å². The standard InChI is InChI=1S/C20H28F3N3O3/c1-19(2,3)29-18(27)26-10-7-14(13-26)28-16-6-4-5-15(20(21,22)23)17(16)25-11-8-24-9-12-25/h4-6,14,24H,7-13H2,1-3H3/t14-/m0/s1. The number of hydrogen-bond acceptors (Lipinski definition) is 5. The van der Waals surface area contributed by atoms with E-state index in [2.05, 4.69) is 5.32 Å². The van der Waals surface area contributed by atoms with Crippen LogP contribution in [0.4, 0.5) is 23.7 Å². The highest BCUT2D eigenvalue weighted by atomic mass is 19.4. The van der Waals surface area contributed by atoms with Gasteiger partial charge in [0.1, 0.15) is 17.5 Å². The molecule has 2 aliphatic heterocycles. The Morgan fingerprint density at radius 2 is 1.83 bits per heavy atom. The van der Waals surface area contributed by atoms with E-state index in [0.717, 1.165) is 6.07 Å². The molecule has 1 amide bonds.